The number of nitrogens with zero attached hydrogens (tertiary/aromatic N) is 3. The number of hydrogen-bond acceptors (Lipinski definition) is 6. The molecule has 0 spiro atoms. The lowest BCUT2D eigenvalue weighted by molar-refractivity contribution is 0.984. The minimum Gasteiger partial charge on any atom is -0.383 e. The zero-order valence-corrected chi connectivity index (χ0v) is 9.61. The second-order valence-electron chi connectivity index (χ2n) is 3.24. The lowest BCUT2D eigenvalue weighted by atomic mass is 10.2. The zero-order valence-electron chi connectivity index (χ0n) is 8.79. The Hall–Kier alpha value is -2.26. The maximum Gasteiger partial charge on any atom is 0.196 e. The van der Waals surface area contributed by atoms with Crippen LogP contribution in [0, 0.1) is 11.3 Å². The Morgan fingerprint density at radius 2 is 1.65 bits per heavy atom. The molecule has 1 heterocycles. The fourth-order valence-electron chi connectivity index (χ4n) is 1.21. The van der Waals surface area contributed by atoms with Crippen LogP contribution in [-0.4, -0.2) is 9.97 Å². The second kappa shape index (κ2) is 4.72. The summed E-state index contributed by atoms with van der Waals surface area (Å²) < 4.78 is 0. The predicted molar refractivity (Wildman–Crippen MR) is 66.1 cm³/mol. The number of aromatic nitrogens is 2. The van der Waals surface area contributed by atoms with Gasteiger partial charge >= 0.3 is 0 Å². The summed E-state index contributed by atoms with van der Waals surface area (Å²) in [5.41, 5.74) is 11.8. The number of rotatable bonds is 2. The van der Waals surface area contributed by atoms with E-state index in [2.05, 4.69) is 16.0 Å². The van der Waals surface area contributed by atoms with Crippen molar-refractivity contribution in [3.05, 3.63) is 35.9 Å². The molecule has 6 heteroatoms. The molecule has 1 aromatic carbocycles. The van der Waals surface area contributed by atoms with E-state index in [9.17, 15) is 0 Å². The van der Waals surface area contributed by atoms with Gasteiger partial charge in [-0.15, -0.1) is 0 Å². The summed E-state index contributed by atoms with van der Waals surface area (Å²) in [5, 5.41) is 9.17. The molecule has 2 rings (SSSR count). The molecular formula is C11H9N5S. The van der Waals surface area contributed by atoms with Gasteiger partial charge < -0.3 is 11.5 Å². The monoisotopic (exact) mass is 243 g/mol. The molecule has 1 aromatic heterocycles. The summed E-state index contributed by atoms with van der Waals surface area (Å²) in [6, 6.07) is 10.7. The topological polar surface area (TPSA) is 102 Å². The number of nitriles is 1. The molecule has 0 fully saturated rings. The Labute approximate surface area is 102 Å². The lowest BCUT2D eigenvalue weighted by Gasteiger charge is -2.02. The van der Waals surface area contributed by atoms with E-state index in [-0.39, 0.29) is 0 Å². The highest BCUT2D eigenvalue weighted by Gasteiger charge is 2.03. The third kappa shape index (κ3) is 2.86. The Morgan fingerprint density at radius 1 is 1.06 bits per heavy atom. The van der Waals surface area contributed by atoms with Crippen LogP contribution in [0.4, 0.5) is 11.6 Å². The van der Waals surface area contributed by atoms with Crippen LogP contribution < -0.4 is 11.5 Å². The molecule has 0 saturated carbocycles. The first-order valence-electron chi connectivity index (χ1n) is 4.75. The molecule has 0 bridgehead atoms. The van der Waals surface area contributed by atoms with E-state index in [1.165, 1.54) is 17.8 Å². The summed E-state index contributed by atoms with van der Waals surface area (Å²) in [6.07, 6.45) is 0. The van der Waals surface area contributed by atoms with Crippen LogP contribution in [0.5, 0.6) is 0 Å². The van der Waals surface area contributed by atoms with Gasteiger partial charge in [-0.2, -0.15) is 5.26 Å². The first-order valence-corrected chi connectivity index (χ1v) is 5.57. The van der Waals surface area contributed by atoms with E-state index in [1.807, 2.05) is 12.1 Å². The van der Waals surface area contributed by atoms with Crippen molar-refractivity contribution in [2.24, 2.45) is 0 Å². The Kier molecular flexibility index (Phi) is 3.12. The van der Waals surface area contributed by atoms with Gasteiger partial charge in [0.2, 0.25) is 0 Å². The van der Waals surface area contributed by atoms with Crippen molar-refractivity contribution in [3.63, 3.8) is 0 Å². The molecule has 5 nitrogen and oxygen atoms in total. The normalized spacial score (nSPS) is 9.82. The Morgan fingerprint density at radius 3 is 2.18 bits per heavy atom. The van der Waals surface area contributed by atoms with Crippen LogP contribution >= 0.6 is 11.8 Å². The molecule has 17 heavy (non-hydrogen) atoms. The van der Waals surface area contributed by atoms with E-state index in [0.29, 0.717) is 22.4 Å². The maximum atomic E-state index is 8.68. The zero-order chi connectivity index (χ0) is 12.3. The lowest BCUT2D eigenvalue weighted by Crippen LogP contribution is -1.98. The molecule has 0 atom stereocenters. The predicted octanol–water partition coefficient (Wildman–Crippen LogP) is 1.66. The van der Waals surface area contributed by atoms with Crippen molar-refractivity contribution in [2.45, 2.75) is 10.1 Å². The van der Waals surface area contributed by atoms with Crippen molar-refractivity contribution >= 4 is 23.4 Å². The molecule has 2 aromatic rings. The molecule has 4 N–H and O–H groups in total. The molecule has 0 amide bonds. The molecule has 0 radical (unpaired) electrons. The second-order valence-corrected chi connectivity index (χ2v) is 4.28. The SMILES string of the molecule is N#Cc1ccc(Sc2nc(N)cc(N)n2)cc1. The highest BCUT2D eigenvalue weighted by Crippen LogP contribution is 2.25. The molecule has 0 aliphatic carbocycles. The van der Waals surface area contributed by atoms with Crippen LogP contribution in [0.2, 0.25) is 0 Å². The summed E-state index contributed by atoms with van der Waals surface area (Å²) >= 11 is 1.34. The highest BCUT2D eigenvalue weighted by atomic mass is 32.2. The van der Waals surface area contributed by atoms with Gasteiger partial charge in [0.05, 0.1) is 11.6 Å². The van der Waals surface area contributed by atoms with E-state index in [4.69, 9.17) is 16.7 Å². The number of nitrogen functional groups attached to an aromatic ring is 2. The van der Waals surface area contributed by atoms with Crippen molar-refractivity contribution in [2.75, 3.05) is 11.5 Å². The van der Waals surface area contributed by atoms with Gasteiger partial charge in [0.25, 0.3) is 0 Å². The number of nitrogens with two attached hydrogens (primary N) is 2. The van der Waals surface area contributed by atoms with Crippen molar-refractivity contribution in [1.29, 1.82) is 5.26 Å². The van der Waals surface area contributed by atoms with Gasteiger partial charge in [0, 0.05) is 11.0 Å². The summed E-state index contributed by atoms with van der Waals surface area (Å²) in [5.74, 6) is 0.683. The standard InChI is InChI=1S/C11H9N5S/c12-6-7-1-3-8(4-2-7)17-11-15-9(13)5-10(14)16-11/h1-5H,(H4,13,14,15,16). The van der Waals surface area contributed by atoms with Crippen LogP contribution in [-0.2, 0) is 0 Å². The number of benzene rings is 1. The maximum absolute atomic E-state index is 8.68. The average molecular weight is 243 g/mol. The molecule has 0 unspecified atom stereocenters. The number of anilines is 2. The van der Waals surface area contributed by atoms with Gasteiger partial charge in [-0.1, -0.05) is 0 Å². The van der Waals surface area contributed by atoms with E-state index >= 15 is 0 Å². The van der Waals surface area contributed by atoms with E-state index < -0.39 is 0 Å². The van der Waals surface area contributed by atoms with Gasteiger partial charge in [0.15, 0.2) is 5.16 Å². The Bertz CT molecular complexity index is 553. The molecule has 0 aliphatic heterocycles. The average Bonchev–Trinajstić information content (AvgIpc) is 2.28. The van der Waals surface area contributed by atoms with Gasteiger partial charge in [0.1, 0.15) is 11.6 Å². The third-order valence-electron chi connectivity index (χ3n) is 1.94. The van der Waals surface area contributed by atoms with Crippen molar-refractivity contribution in [1.82, 2.24) is 9.97 Å². The summed E-state index contributed by atoms with van der Waals surface area (Å²) in [6.45, 7) is 0. The first kappa shape index (κ1) is 11.2. The molecular weight excluding hydrogens is 234 g/mol. The van der Waals surface area contributed by atoms with Crippen molar-refractivity contribution < 1.29 is 0 Å². The quantitative estimate of drug-likeness (QED) is 0.778. The van der Waals surface area contributed by atoms with E-state index in [1.54, 1.807) is 12.1 Å². The highest BCUT2D eigenvalue weighted by molar-refractivity contribution is 7.99. The van der Waals surface area contributed by atoms with Crippen LogP contribution in [0.25, 0.3) is 0 Å². The molecule has 0 saturated heterocycles. The fraction of sp³-hybridized carbons (Fsp3) is 0. The molecule has 0 aliphatic rings. The van der Waals surface area contributed by atoms with Crippen LogP contribution in [0.15, 0.2) is 40.4 Å². The van der Waals surface area contributed by atoms with Gasteiger partial charge in [-0.05, 0) is 36.0 Å². The minimum atomic E-state index is 0.341. The first-order chi connectivity index (χ1) is 8.17. The van der Waals surface area contributed by atoms with Gasteiger partial charge in [-0.3, -0.25) is 0 Å². The largest absolute Gasteiger partial charge is 0.383 e. The van der Waals surface area contributed by atoms with Crippen LogP contribution in [0.1, 0.15) is 5.56 Å². The third-order valence-corrected chi connectivity index (χ3v) is 2.81. The van der Waals surface area contributed by atoms with Gasteiger partial charge in [-0.25, -0.2) is 9.97 Å². The fourth-order valence-corrected chi connectivity index (χ4v) is 2.00. The van der Waals surface area contributed by atoms with Crippen molar-refractivity contribution in [3.8, 4) is 6.07 Å². The van der Waals surface area contributed by atoms with E-state index in [0.717, 1.165) is 4.90 Å². The minimum absolute atomic E-state index is 0.341. The summed E-state index contributed by atoms with van der Waals surface area (Å²) in [4.78, 5) is 9.04. The smallest absolute Gasteiger partial charge is 0.196 e. The Balaban J connectivity index is 2.22. The molecule has 84 valence electrons. The summed E-state index contributed by atoms with van der Waals surface area (Å²) in [7, 11) is 0. The number of hydrogen-bond donors (Lipinski definition) is 2. The van der Waals surface area contributed by atoms with Crippen LogP contribution in [0.3, 0.4) is 0 Å².